The summed E-state index contributed by atoms with van der Waals surface area (Å²) < 4.78 is 5.80. The smallest absolute Gasteiger partial charge is 0.289 e. The first-order valence-electron chi connectivity index (χ1n) is 10.9. The van der Waals surface area contributed by atoms with E-state index in [-0.39, 0.29) is 34.2 Å². The van der Waals surface area contributed by atoms with Crippen molar-refractivity contribution < 1.29 is 19.2 Å². The van der Waals surface area contributed by atoms with E-state index < -0.39 is 10.8 Å². The van der Waals surface area contributed by atoms with Crippen LogP contribution in [0.4, 0.5) is 11.4 Å². The van der Waals surface area contributed by atoms with Gasteiger partial charge in [0.15, 0.2) is 5.78 Å². The van der Waals surface area contributed by atoms with Crippen molar-refractivity contribution in [3.05, 3.63) is 74.4 Å². The third-order valence-electron chi connectivity index (χ3n) is 6.12. The molecular formula is C25H25ClN2O5. The number of allylic oxidation sites excluding steroid dienone is 2. The minimum absolute atomic E-state index is 0.00835. The maximum atomic E-state index is 13.5. The maximum Gasteiger partial charge on any atom is 0.289 e. The fourth-order valence-electron chi connectivity index (χ4n) is 4.82. The van der Waals surface area contributed by atoms with Gasteiger partial charge >= 0.3 is 0 Å². The number of nitro groups is 1. The Balaban J connectivity index is 1.92. The van der Waals surface area contributed by atoms with E-state index in [1.165, 1.54) is 17.0 Å². The topological polar surface area (TPSA) is 89.8 Å². The molecule has 8 heteroatoms. The van der Waals surface area contributed by atoms with Gasteiger partial charge in [0.25, 0.3) is 5.69 Å². The molecule has 4 rings (SSSR count). The summed E-state index contributed by atoms with van der Waals surface area (Å²) in [6, 6.07) is 11.8. The van der Waals surface area contributed by atoms with Gasteiger partial charge in [0.05, 0.1) is 17.2 Å². The first-order valence-corrected chi connectivity index (χ1v) is 11.3. The molecule has 1 heterocycles. The average molecular weight is 469 g/mol. The number of anilines is 1. The Kier molecular flexibility index (Phi) is 6.01. The second kappa shape index (κ2) is 8.63. The Bertz CT molecular complexity index is 1190. The number of carbonyl (C=O) groups is 2. The van der Waals surface area contributed by atoms with Crippen LogP contribution in [0, 0.1) is 15.5 Å². The van der Waals surface area contributed by atoms with E-state index in [4.69, 9.17) is 16.3 Å². The first-order chi connectivity index (χ1) is 15.6. The van der Waals surface area contributed by atoms with Crippen LogP contribution in [0.25, 0.3) is 0 Å². The molecule has 1 amide bonds. The molecule has 0 fully saturated rings. The van der Waals surface area contributed by atoms with E-state index in [0.717, 1.165) is 5.56 Å². The van der Waals surface area contributed by atoms with Gasteiger partial charge in [0.1, 0.15) is 10.8 Å². The summed E-state index contributed by atoms with van der Waals surface area (Å²) in [4.78, 5) is 39.3. The molecule has 2 aliphatic rings. The molecule has 2 aromatic rings. The monoisotopic (exact) mass is 468 g/mol. The number of para-hydroxylation sites is 1. The summed E-state index contributed by atoms with van der Waals surface area (Å²) in [6.07, 6.45) is 0.914. The summed E-state index contributed by atoms with van der Waals surface area (Å²) in [6.45, 7) is 6.32. The Labute approximate surface area is 197 Å². The zero-order valence-corrected chi connectivity index (χ0v) is 19.5. The van der Waals surface area contributed by atoms with Crippen molar-refractivity contribution in [1.29, 1.82) is 0 Å². The molecule has 33 heavy (non-hydrogen) atoms. The molecule has 7 nitrogen and oxygen atoms in total. The number of carbonyl (C=O) groups excluding carboxylic acids is 2. The van der Waals surface area contributed by atoms with Gasteiger partial charge in [-0.05, 0) is 37.0 Å². The molecular weight excluding hydrogens is 444 g/mol. The van der Waals surface area contributed by atoms with Crippen molar-refractivity contribution in [2.24, 2.45) is 5.41 Å². The van der Waals surface area contributed by atoms with Gasteiger partial charge in [-0.3, -0.25) is 24.6 Å². The van der Waals surface area contributed by atoms with Crippen LogP contribution >= 0.6 is 11.6 Å². The van der Waals surface area contributed by atoms with Crippen molar-refractivity contribution >= 4 is 34.7 Å². The number of ketones is 1. The largest absolute Gasteiger partial charge is 0.494 e. The van der Waals surface area contributed by atoms with E-state index in [1.54, 1.807) is 6.07 Å². The molecule has 0 saturated heterocycles. The zero-order valence-electron chi connectivity index (χ0n) is 18.8. The summed E-state index contributed by atoms with van der Waals surface area (Å²) in [7, 11) is 0. The summed E-state index contributed by atoms with van der Waals surface area (Å²) in [5.41, 5.74) is 1.68. The second-order valence-corrected chi connectivity index (χ2v) is 9.56. The number of hydrogen-bond acceptors (Lipinski definition) is 5. The van der Waals surface area contributed by atoms with Gasteiger partial charge in [-0.1, -0.05) is 43.6 Å². The second-order valence-electron chi connectivity index (χ2n) is 9.15. The van der Waals surface area contributed by atoms with Crippen LogP contribution in [0.5, 0.6) is 5.75 Å². The number of ether oxygens (including phenoxy) is 1. The molecule has 0 N–H and O–H groups in total. The number of hydrogen-bond donors (Lipinski definition) is 0. The lowest BCUT2D eigenvalue weighted by atomic mass is 9.69. The number of halogens is 1. The SMILES string of the molecule is CCOc1ccccc1C1CC(=O)N(c2ccc(Cl)c([N+](=O)[O-])c2)C2=C1C(=O)CC(C)(C)C2. The van der Waals surface area contributed by atoms with E-state index >= 15 is 0 Å². The number of rotatable bonds is 5. The van der Waals surface area contributed by atoms with E-state index in [0.29, 0.717) is 42.2 Å². The molecule has 0 bridgehead atoms. The molecule has 1 aliphatic heterocycles. The summed E-state index contributed by atoms with van der Waals surface area (Å²) >= 11 is 6.00. The molecule has 0 aromatic heterocycles. The Morgan fingerprint density at radius 1 is 1.18 bits per heavy atom. The van der Waals surface area contributed by atoms with E-state index in [9.17, 15) is 19.7 Å². The number of nitro benzene ring substituents is 1. The molecule has 1 aliphatic carbocycles. The molecule has 1 unspecified atom stereocenters. The van der Waals surface area contributed by atoms with Crippen molar-refractivity contribution in [2.75, 3.05) is 11.5 Å². The van der Waals surface area contributed by atoms with E-state index in [1.807, 2.05) is 45.0 Å². The van der Waals surface area contributed by atoms with Crippen LogP contribution in [0.2, 0.25) is 5.02 Å². The van der Waals surface area contributed by atoms with Gasteiger partial charge in [0, 0.05) is 41.7 Å². The Morgan fingerprint density at radius 2 is 1.91 bits per heavy atom. The highest BCUT2D eigenvalue weighted by Gasteiger charge is 2.45. The number of benzene rings is 2. The average Bonchev–Trinajstić information content (AvgIpc) is 2.73. The maximum absolute atomic E-state index is 13.5. The minimum atomic E-state index is -0.577. The highest BCUT2D eigenvalue weighted by molar-refractivity contribution is 6.32. The molecule has 172 valence electrons. The van der Waals surface area contributed by atoms with Crippen molar-refractivity contribution in [1.82, 2.24) is 0 Å². The first kappa shape index (κ1) is 23.0. The quantitative estimate of drug-likeness (QED) is 0.408. The predicted molar refractivity (Wildman–Crippen MR) is 126 cm³/mol. The molecule has 0 saturated carbocycles. The van der Waals surface area contributed by atoms with Crippen molar-refractivity contribution in [3.63, 3.8) is 0 Å². The lowest BCUT2D eigenvalue weighted by molar-refractivity contribution is -0.384. The Hall–Kier alpha value is -3.19. The van der Waals surface area contributed by atoms with Gasteiger partial charge in [0.2, 0.25) is 5.91 Å². The standard InChI is InChI=1S/C25H25ClN2O5/c1-4-33-22-8-6-5-7-16(22)17-12-23(30)27(15-9-10-18(26)19(11-15)28(31)32)20-13-25(2,3)14-21(29)24(17)20/h5-11,17H,4,12-14H2,1-3H3. The highest BCUT2D eigenvalue weighted by atomic mass is 35.5. The molecule has 1 atom stereocenters. The minimum Gasteiger partial charge on any atom is -0.494 e. The highest BCUT2D eigenvalue weighted by Crippen LogP contribution is 2.49. The fraction of sp³-hybridized carbons (Fsp3) is 0.360. The van der Waals surface area contributed by atoms with Crippen LogP contribution in [0.1, 0.15) is 51.5 Å². The Morgan fingerprint density at radius 3 is 2.61 bits per heavy atom. The van der Waals surface area contributed by atoms with Gasteiger partial charge in [-0.15, -0.1) is 0 Å². The van der Waals surface area contributed by atoms with Crippen LogP contribution in [-0.4, -0.2) is 23.2 Å². The van der Waals surface area contributed by atoms with Crippen LogP contribution in [0.3, 0.4) is 0 Å². The summed E-state index contributed by atoms with van der Waals surface area (Å²) in [5.74, 6) is -0.0269. The lowest BCUT2D eigenvalue weighted by Crippen LogP contribution is -2.43. The van der Waals surface area contributed by atoms with Crippen molar-refractivity contribution in [3.8, 4) is 5.75 Å². The lowest BCUT2D eigenvalue weighted by Gasteiger charge is -2.43. The van der Waals surface area contributed by atoms with Crippen molar-refractivity contribution in [2.45, 2.75) is 46.0 Å². The van der Waals surface area contributed by atoms with Gasteiger partial charge in [-0.2, -0.15) is 0 Å². The number of Topliss-reactive ketones (excluding diaryl/α,β-unsaturated/α-hetero) is 1. The van der Waals surface area contributed by atoms with Crippen LogP contribution in [0.15, 0.2) is 53.7 Å². The zero-order chi connectivity index (χ0) is 23.9. The predicted octanol–water partition coefficient (Wildman–Crippen LogP) is 5.81. The van der Waals surface area contributed by atoms with Crippen LogP contribution < -0.4 is 9.64 Å². The molecule has 0 radical (unpaired) electrons. The van der Waals surface area contributed by atoms with E-state index in [2.05, 4.69) is 0 Å². The number of nitrogens with zero attached hydrogens (tertiary/aromatic N) is 2. The van der Waals surface area contributed by atoms with Gasteiger partial charge < -0.3 is 4.74 Å². The summed E-state index contributed by atoms with van der Waals surface area (Å²) in [5, 5.41) is 11.4. The van der Waals surface area contributed by atoms with Gasteiger partial charge in [-0.25, -0.2) is 0 Å². The number of amides is 1. The van der Waals surface area contributed by atoms with Crippen LogP contribution in [-0.2, 0) is 9.59 Å². The fourth-order valence-corrected chi connectivity index (χ4v) is 5.00. The third kappa shape index (κ3) is 4.25. The molecule has 2 aromatic carbocycles. The third-order valence-corrected chi connectivity index (χ3v) is 6.44. The molecule has 0 spiro atoms. The normalized spacial score (nSPS) is 20.0.